The molecule has 210 valence electrons. The number of aromatic hydroxyl groups is 1. The molecule has 1 amide bonds. The number of methoxy groups -OCH3 is 1. The highest BCUT2D eigenvalue weighted by molar-refractivity contribution is 6.22. The molecule has 0 saturated heterocycles. The van der Waals surface area contributed by atoms with E-state index in [1.165, 1.54) is 7.11 Å². The number of carbonyl (C=O) groups excluding carboxylic acids is 4. The lowest BCUT2D eigenvalue weighted by molar-refractivity contribution is -0.148. The van der Waals surface area contributed by atoms with Gasteiger partial charge in [0.2, 0.25) is 5.78 Å². The summed E-state index contributed by atoms with van der Waals surface area (Å²) in [6, 6.07) is 1.70. The smallest absolute Gasteiger partial charge is 0.306 e. The lowest BCUT2D eigenvalue weighted by Crippen LogP contribution is -2.58. The molecule has 0 radical (unpaired) electrons. The van der Waals surface area contributed by atoms with Crippen LogP contribution in [0.2, 0.25) is 0 Å². The molecule has 3 aliphatic carbocycles. The largest absolute Gasteiger partial charge is 0.508 e. The number of aliphatic hydroxyl groups excluding tert-OH is 2. The Hall–Kier alpha value is -3.90. The van der Waals surface area contributed by atoms with Crippen molar-refractivity contribution in [2.24, 2.45) is 17.6 Å². The molecule has 1 aromatic rings. The molecule has 0 aliphatic heterocycles. The van der Waals surface area contributed by atoms with Crippen LogP contribution in [0.25, 0.3) is 5.76 Å². The number of anilines is 1. The van der Waals surface area contributed by atoms with Crippen molar-refractivity contribution >= 4 is 34.9 Å². The van der Waals surface area contributed by atoms with E-state index < -0.39 is 58.0 Å². The van der Waals surface area contributed by atoms with Crippen LogP contribution in [-0.4, -0.2) is 83.9 Å². The highest BCUT2D eigenvalue weighted by Gasteiger charge is 2.60. The SMILES string of the molecule is COCCOC(=O)CCc1cc(N(C)C)c2c(c1O)C(O)=C1C(=O)[C@]3(O)C(O)=C(C(N)=O)C(=O)C[C@@H]3C[C@@H]1C2. The second-order valence-electron chi connectivity index (χ2n) is 10.3. The van der Waals surface area contributed by atoms with Gasteiger partial charge in [-0.15, -0.1) is 0 Å². The number of aliphatic hydroxyl groups is 3. The Labute approximate surface area is 224 Å². The zero-order chi connectivity index (χ0) is 28.8. The van der Waals surface area contributed by atoms with Crippen LogP contribution < -0.4 is 10.6 Å². The number of nitrogens with zero attached hydrogens (tertiary/aromatic N) is 1. The van der Waals surface area contributed by atoms with Gasteiger partial charge in [-0.1, -0.05) is 0 Å². The molecule has 1 fully saturated rings. The highest BCUT2D eigenvalue weighted by atomic mass is 16.6. The monoisotopic (exact) mass is 544 g/mol. The van der Waals surface area contributed by atoms with Gasteiger partial charge in [0.1, 0.15) is 29.4 Å². The molecule has 12 nitrogen and oxygen atoms in total. The van der Waals surface area contributed by atoms with E-state index in [9.17, 15) is 39.6 Å². The number of fused-ring (bicyclic) bond motifs is 3. The molecule has 0 bridgehead atoms. The van der Waals surface area contributed by atoms with E-state index in [2.05, 4.69) is 0 Å². The molecule has 3 aliphatic rings. The molecule has 3 atom stereocenters. The van der Waals surface area contributed by atoms with Gasteiger partial charge in [-0.25, -0.2) is 0 Å². The zero-order valence-electron chi connectivity index (χ0n) is 21.9. The van der Waals surface area contributed by atoms with Crippen molar-refractivity contribution in [3.05, 3.63) is 39.7 Å². The number of nitrogens with two attached hydrogens (primary N) is 1. The number of phenolic OH excluding ortho intramolecular Hbond substituents is 1. The quantitative estimate of drug-likeness (QED) is 0.175. The van der Waals surface area contributed by atoms with Crippen LogP contribution in [0.5, 0.6) is 5.75 Å². The molecule has 4 rings (SSSR count). The molecule has 6 N–H and O–H groups in total. The van der Waals surface area contributed by atoms with Gasteiger partial charge in [0, 0.05) is 51.2 Å². The Morgan fingerprint density at radius 1 is 1.15 bits per heavy atom. The number of ether oxygens (including phenoxy) is 2. The second-order valence-corrected chi connectivity index (χ2v) is 10.3. The number of primary amides is 1. The number of ketones is 2. The first kappa shape index (κ1) is 28.1. The Kier molecular flexibility index (Phi) is 7.46. The van der Waals surface area contributed by atoms with Gasteiger partial charge in [-0.05, 0) is 42.4 Å². The third kappa shape index (κ3) is 4.53. The third-order valence-corrected chi connectivity index (χ3v) is 7.75. The molecule has 12 heteroatoms. The number of amides is 1. The number of rotatable bonds is 8. The van der Waals surface area contributed by atoms with Gasteiger partial charge in [-0.2, -0.15) is 0 Å². The number of phenols is 1. The standard InChI is InChI=1S/C27H32N2O10/c1-29(2)16-10-12(4-5-18(31)39-7-6-38-3)22(32)20-15(16)9-13-8-14-11-17(30)21(26(28)36)25(35)27(14,37)24(34)19(13)23(20)33/h10,13-14,32-33,35,37H,4-9,11H2,1-3H3,(H2,28,36)/t13-,14+,27+/m1/s1. The fourth-order valence-electron chi connectivity index (χ4n) is 5.86. The van der Waals surface area contributed by atoms with Crippen molar-refractivity contribution < 1.29 is 49.1 Å². The van der Waals surface area contributed by atoms with Crippen LogP contribution in [0.1, 0.15) is 36.0 Å². The van der Waals surface area contributed by atoms with Gasteiger partial charge >= 0.3 is 5.97 Å². The maximum absolute atomic E-state index is 13.7. The van der Waals surface area contributed by atoms with E-state index in [1.54, 1.807) is 25.1 Å². The van der Waals surface area contributed by atoms with E-state index in [0.29, 0.717) is 16.8 Å². The number of hydrogen-bond donors (Lipinski definition) is 5. The molecule has 1 saturated carbocycles. The van der Waals surface area contributed by atoms with Crippen LogP contribution in [0, 0.1) is 11.8 Å². The van der Waals surface area contributed by atoms with Gasteiger partial charge < -0.3 is 40.5 Å². The summed E-state index contributed by atoms with van der Waals surface area (Å²) in [4.78, 5) is 51.9. The van der Waals surface area contributed by atoms with Crippen molar-refractivity contribution in [2.75, 3.05) is 39.3 Å². The molecule has 0 unspecified atom stereocenters. The molecule has 39 heavy (non-hydrogen) atoms. The molecular formula is C27H32N2O10. The molecule has 0 heterocycles. The number of benzene rings is 1. The van der Waals surface area contributed by atoms with E-state index in [4.69, 9.17) is 15.2 Å². The fraction of sp³-hybridized carbons (Fsp3) is 0.481. The Balaban J connectivity index is 1.80. The lowest BCUT2D eigenvalue weighted by Gasteiger charge is -2.46. The maximum atomic E-state index is 13.7. The van der Waals surface area contributed by atoms with Gasteiger partial charge in [0.25, 0.3) is 5.91 Å². The average molecular weight is 545 g/mol. The Morgan fingerprint density at radius 2 is 1.85 bits per heavy atom. The molecule has 1 aromatic carbocycles. The number of carbonyl (C=O) groups is 4. The lowest BCUT2D eigenvalue weighted by atomic mass is 9.59. The minimum Gasteiger partial charge on any atom is -0.508 e. The van der Waals surface area contributed by atoms with Crippen molar-refractivity contribution in [3.8, 4) is 5.75 Å². The summed E-state index contributed by atoms with van der Waals surface area (Å²) in [6.07, 6.45) is -0.134. The van der Waals surface area contributed by atoms with Crippen LogP contribution in [0.15, 0.2) is 23.0 Å². The third-order valence-electron chi connectivity index (χ3n) is 7.75. The molecule has 0 aromatic heterocycles. The minimum absolute atomic E-state index is 0.0175. The summed E-state index contributed by atoms with van der Waals surface area (Å²) >= 11 is 0. The van der Waals surface area contributed by atoms with Gasteiger partial charge in [0.15, 0.2) is 11.4 Å². The highest BCUT2D eigenvalue weighted by Crippen LogP contribution is 2.53. The van der Waals surface area contributed by atoms with Crippen molar-refractivity contribution in [3.63, 3.8) is 0 Å². The van der Waals surface area contributed by atoms with E-state index in [0.717, 1.165) is 0 Å². The summed E-state index contributed by atoms with van der Waals surface area (Å²) in [5.74, 6) is -7.31. The van der Waals surface area contributed by atoms with Crippen molar-refractivity contribution in [2.45, 2.75) is 37.7 Å². The number of hydrogen-bond acceptors (Lipinski definition) is 11. The predicted octanol–water partition coefficient (Wildman–Crippen LogP) is 0.612. The topological polar surface area (TPSA) is 197 Å². The number of aryl methyl sites for hydroxylation is 1. The predicted molar refractivity (Wildman–Crippen MR) is 137 cm³/mol. The summed E-state index contributed by atoms with van der Waals surface area (Å²) in [5.41, 5.74) is 3.04. The summed E-state index contributed by atoms with van der Waals surface area (Å²) in [5, 5.41) is 44.6. The summed E-state index contributed by atoms with van der Waals surface area (Å²) in [6.45, 7) is 0.323. The van der Waals surface area contributed by atoms with Crippen LogP contribution in [-0.2, 0) is 41.5 Å². The van der Waals surface area contributed by atoms with Crippen molar-refractivity contribution in [1.29, 1.82) is 0 Å². The number of esters is 1. The second kappa shape index (κ2) is 10.3. The van der Waals surface area contributed by atoms with E-state index in [1.807, 2.05) is 0 Å². The first-order valence-electron chi connectivity index (χ1n) is 12.5. The Bertz CT molecular complexity index is 1330. The van der Waals surface area contributed by atoms with Crippen LogP contribution in [0.4, 0.5) is 5.69 Å². The maximum Gasteiger partial charge on any atom is 0.306 e. The van der Waals surface area contributed by atoms with Crippen LogP contribution >= 0.6 is 0 Å². The molecule has 0 spiro atoms. The molecular weight excluding hydrogens is 512 g/mol. The normalized spacial score (nSPS) is 24.2. The summed E-state index contributed by atoms with van der Waals surface area (Å²) < 4.78 is 9.93. The van der Waals surface area contributed by atoms with Gasteiger partial charge in [-0.3, -0.25) is 19.2 Å². The van der Waals surface area contributed by atoms with Crippen molar-refractivity contribution in [1.82, 2.24) is 0 Å². The number of Topliss-reactive ketones (excluding diaryl/α,β-unsaturated/α-hetero) is 2. The van der Waals surface area contributed by atoms with E-state index in [-0.39, 0.29) is 62.2 Å². The summed E-state index contributed by atoms with van der Waals surface area (Å²) in [7, 11) is 5.01. The minimum atomic E-state index is -2.63. The van der Waals surface area contributed by atoms with E-state index >= 15 is 0 Å². The first-order chi connectivity index (χ1) is 18.3. The fourth-order valence-corrected chi connectivity index (χ4v) is 5.86. The Morgan fingerprint density at radius 3 is 2.46 bits per heavy atom. The average Bonchev–Trinajstić information content (AvgIpc) is 2.85. The first-order valence-corrected chi connectivity index (χ1v) is 12.5. The van der Waals surface area contributed by atoms with Crippen LogP contribution in [0.3, 0.4) is 0 Å². The zero-order valence-corrected chi connectivity index (χ0v) is 21.9. The van der Waals surface area contributed by atoms with Gasteiger partial charge in [0.05, 0.1) is 12.2 Å².